The van der Waals surface area contributed by atoms with Crippen LogP contribution in [0.1, 0.15) is 17.1 Å². The molecule has 2 N–H and O–H groups in total. The maximum absolute atomic E-state index is 13.8. The summed E-state index contributed by atoms with van der Waals surface area (Å²) >= 11 is 1.48. The fourth-order valence-corrected chi connectivity index (χ4v) is 3.84. The summed E-state index contributed by atoms with van der Waals surface area (Å²) in [6.45, 7) is 1.44. The zero-order valence-corrected chi connectivity index (χ0v) is 15.9. The van der Waals surface area contributed by atoms with E-state index in [0.29, 0.717) is 11.2 Å². The largest absolute Gasteiger partial charge is 0.336 e. The first-order chi connectivity index (χ1) is 13.3. The van der Waals surface area contributed by atoms with E-state index in [0.717, 1.165) is 25.9 Å². The number of carbonyl (C=O) groups excluding carboxylic acids is 1. The Morgan fingerprint density at radius 1 is 1.29 bits per heavy atom. The number of piperidine rings is 1. The smallest absolute Gasteiger partial charge is 0.280 e. The lowest BCUT2D eigenvalue weighted by Gasteiger charge is -2.36. The SMILES string of the molecule is Cc1nnc(-c2ccc3nnc(CC(=O)N4CCC(N)C(F)(F)C4)cc3c2)s1. The lowest BCUT2D eigenvalue weighted by molar-refractivity contribution is -0.143. The molecule has 1 aliphatic heterocycles. The van der Waals surface area contributed by atoms with Crippen LogP contribution in [0.2, 0.25) is 0 Å². The fourth-order valence-electron chi connectivity index (χ4n) is 3.16. The molecule has 1 unspecified atom stereocenters. The second kappa shape index (κ2) is 7.10. The normalized spacial score (nSPS) is 19.1. The highest BCUT2D eigenvalue weighted by Gasteiger charge is 2.43. The number of nitrogens with two attached hydrogens (primary N) is 1. The van der Waals surface area contributed by atoms with Gasteiger partial charge in [-0.1, -0.05) is 11.3 Å². The van der Waals surface area contributed by atoms with E-state index in [-0.39, 0.29) is 19.4 Å². The number of rotatable bonds is 3. The molecule has 1 aromatic carbocycles. The number of fused-ring (bicyclic) bond motifs is 1. The Bertz CT molecular complexity index is 1040. The number of nitrogens with zero attached hydrogens (tertiary/aromatic N) is 5. The van der Waals surface area contributed by atoms with E-state index in [9.17, 15) is 13.6 Å². The first-order valence-electron chi connectivity index (χ1n) is 8.80. The number of halogens is 2. The van der Waals surface area contributed by atoms with E-state index < -0.39 is 24.4 Å². The Morgan fingerprint density at radius 2 is 2.11 bits per heavy atom. The Morgan fingerprint density at radius 3 is 2.82 bits per heavy atom. The molecule has 7 nitrogen and oxygen atoms in total. The molecule has 3 heterocycles. The van der Waals surface area contributed by atoms with Crippen molar-refractivity contribution in [3.05, 3.63) is 35.0 Å². The summed E-state index contributed by atoms with van der Waals surface area (Å²) in [4.78, 5) is 13.6. The highest BCUT2D eigenvalue weighted by Crippen LogP contribution is 2.28. The van der Waals surface area contributed by atoms with Gasteiger partial charge in [-0.3, -0.25) is 4.79 Å². The van der Waals surface area contributed by atoms with E-state index in [4.69, 9.17) is 5.73 Å². The van der Waals surface area contributed by atoms with Gasteiger partial charge in [0.1, 0.15) is 10.0 Å². The molecule has 2 aromatic heterocycles. The number of aromatic nitrogens is 4. The van der Waals surface area contributed by atoms with Crippen molar-refractivity contribution in [2.75, 3.05) is 13.1 Å². The lowest BCUT2D eigenvalue weighted by atomic mass is 10.0. The number of alkyl halides is 2. The van der Waals surface area contributed by atoms with Crippen LogP contribution in [0.3, 0.4) is 0 Å². The van der Waals surface area contributed by atoms with E-state index >= 15 is 0 Å². The molecule has 1 amide bonds. The van der Waals surface area contributed by atoms with Gasteiger partial charge in [-0.2, -0.15) is 10.2 Å². The van der Waals surface area contributed by atoms with E-state index in [1.165, 1.54) is 11.3 Å². The molecule has 0 aliphatic carbocycles. The highest BCUT2D eigenvalue weighted by molar-refractivity contribution is 7.14. The molecular weight excluding hydrogens is 386 g/mol. The van der Waals surface area contributed by atoms with Gasteiger partial charge >= 0.3 is 0 Å². The molecule has 1 aliphatic rings. The van der Waals surface area contributed by atoms with Crippen LogP contribution < -0.4 is 5.73 Å². The summed E-state index contributed by atoms with van der Waals surface area (Å²) in [6, 6.07) is 6.17. The molecular formula is C18H18F2N6OS. The van der Waals surface area contributed by atoms with Gasteiger partial charge in [0.15, 0.2) is 0 Å². The van der Waals surface area contributed by atoms with Crippen molar-refractivity contribution in [3.8, 4) is 10.6 Å². The van der Waals surface area contributed by atoms with Gasteiger partial charge in [0.05, 0.1) is 30.2 Å². The number of likely N-dealkylation sites (tertiary alicyclic amines) is 1. The summed E-state index contributed by atoms with van der Waals surface area (Å²) in [7, 11) is 0. The van der Waals surface area contributed by atoms with E-state index in [1.807, 2.05) is 25.1 Å². The van der Waals surface area contributed by atoms with Crippen LogP contribution in [0, 0.1) is 6.92 Å². The van der Waals surface area contributed by atoms with E-state index in [1.54, 1.807) is 6.07 Å². The van der Waals surface area contributed by atoms with Crippen molar-refractivity contribution < 1.29 is 13.6 Å². The summed E-state index contributed by atoms with van der Waals surface area (Å²) in [5, 5.41) is 18.8. The number of hydrogen-bond acceptors (Lipinski definition) is 7. The van der Waals surface area contributed by atoms with Crippen LogP contribution in [0.4, 0.5) is 8.78 Å². The molecule has 4 rings (SSSR count). The minimum absolute atomic E-state index is 0.0762. The van der Waals surface area contributed by atoms with Crippen LogP contribution in [0.5, 0.6) is 0 Å². The first kappa shape index (κ1) is 18.8. The van der Waals surface area contributed by atoms with Crippen LogP contribution in [-0.2, 0) is 11.2 Å². The maximum atomic E-state index is 13.8. The van der Waals surface area contributed by atoms with Crippen molar-refractivity contribution in [3.63, 3.8) is 0 Å². The molecule has 0 spiro atoms. The second-order valence-electron chi connectivity index (χ2n) is 6.88. The standard InChI is InChI=1S/C18H18F2N6OS/c1-10-22-25-17(28-10)11-2-3-14-12(6-11)7-13(23-24-14)8-16(27)26-5-4-15(21)18(19,20)9-26/h2-3,6-7,15H,4-5,8-9,21H2,1H3. The summed E-state index contributed by atoms with van der Waals surface area (Å²) in [6.07, 6.45) is -0.0107. The van der Waals surface area contributed by atoms with Gasteiger partial charge in [0.25, 0.3) is 5.92 Å². The molecule has 0 bridgehead atoms. The first-order valence-corrected chi connectivity index (χ1v) is 9.61. The zero-order valence-electron chi connectivity index (χ0n) is 15.1. The number of hydrogen-bond donors (Lipinski definition) is 1. The van der Waals surface area contributed by atoms with Gasteiger partial charge in [0, 0.05) is 17.5 Å². The van der Waals surface area contributed by atoms with Crippen molar-refractivity contribution in [2.24, 2.45) is 5.73 Å². The monoisotopic (exact) mass is 404 g/mol. The fraction of sp³-hybridized carbons (Fsp3) is 0.389. The quantitative estimate of drug-likeness (QED) is 0.719. The Kier molecular flexibility index (Phi) is 4.76. The second-order valence-corrected chi connectivity index (χ2v) is 8.07. The molecule has 146 valence electrons. The van der Waals surface area contributed by atoms with Gasteiger partial charge in [-0.25, -0.2) is 8.78 Å². The summed E-state index contributed by atoms with van der Waals surface area (Å²) < 4.78 is 27.6. The van der Waals surface area contributed by atoms with Gasteiger partial charge < -0.3 is 10.6 Å². The van der Waals surface area contributed by atoms with Crippen molar-refractivity contribution in [1.82, 2.24) is 25.3 Å². The highest BCUT2D eigenvalue weighted by atomic mass is 32.1. The van der Waals surface area contributed by atoms with E-state index in [2.05, 4.69) is 20.4 Å². The van der Waals surface area contributed by atoms with Crippen LogP contribution in [0.15, 0.2) is 24.3 Å². The third-order valence-electron chi connectivity index (χ3n) is 4.75. The van der Waals surface area contributed by atoms with Gasteiger partial charge in [-0.05, 0) is 37.6 Å². The average molecular weight is 404 g/mol. The Hall–Kier alpha value is -2.59. The Labute approximate surface area is 163 Å². The van der Waals surface area contributed by atoms with Gasteiger partial charge in [-0.15, -0.1) is 10.2 Å². The summed E-state index contributed by atoms with van der Waals surface area (Å²) in [5.41, 5.74) is 7.44. The third kappa shape index (κ3) is 3.69. The number of carbonyl (C=O) groups is 1. The van der Waals surface area contributed by atoms with Gasteiger partial charge in [0.2, 0.25) is 5.91 Å². The predicted octanol–water partition coefficient (Wildman–Crippen LogP) is 2.19. The van der Waals surface area contributed by atoms with Crippen LogP contribution in [0.25, 0.3) is 21.5 Å². The number of benzene rings is 1. The minimum Gasteiger partial charge on any atom is -0.336 e. The number of aryl methyl sites for hydroxylation is 1. The van der Waals surface area contributed by atoms with Crippen LogP contribution in [-0.4, -0.2) is 56.3 Å². The van der Waals surface area contributed by atoms with Crippen molar-refractivity contribution >= 4 is 28.1 Å². The Balaban J connectivity index is 1.55. The van der Waals surface area contributed by atoms with Crippen molar-refractivity contribution in [1.29, 1.82) is 0 Å². The minimum atomic E-state index is -3.07. The molecule has 28 heavy (non-hydrogen) atoms. The van der Waals surface area contributed by atoms with Crippen LogP contribution >= 0.6 is 11.3 Å². The molecule has 1 fully saturated rings. The van der Waals surface area contributed by atoms with Crippen molar-refractivity contribution in [2.45, 2.75) is 31.7 Å². The lowest BCUT2D eigenvalue weighted by Crippen LogP contribution is -2.56. The maximum Gasteiger partial charge on any atom is 0.280 e. The topological polar surface area (TPSA) is 97.9 Å². The molecule has 0 saturated carbocycles. The molecule has 10 heteroatoms. The zero-order chi connectivity index (χ0) is 19.9. The molecule has 3 aromatic rings. The third-order valence-corrected chi connectivity index (χ3v) is 5.64. The molecule has 1 saturated heterocycles. The summed E-state index contributed by atoms with van der Waals surface area (Å²) in [5.74, 6) is -3.48. The predicted molar refractivity (Wildman–Crippen MR) is 101 cm³/mol. The molecule has 0 radical (unpaired) electrons. The average Bonchev–Trinajstić information content (AvgIpc) is 3.09. The number of amides is 1. The molecule has 1 atom stereocenters.